The van der Waals surface area contributed by atoms with Crippen molar-refractivity contribution in [1.82, 2.24) is 4.90 Å². The Morgan fingerprint density at radius 2 is 1.59 bits per heavy atom. The number of ether oxygens (including phenoxy) is 1. The number of hydrogen-bond donors (Lipinski definition) is 1. The summed E-state index contributed by atoms with van der Waals surface area (Å²) in [6, 6.07) is 0. The molecular formula is C13H27NO3. The molecule has 0 aromatic heterocycles. The molecule has 0 saturated heterocycles. The molecule has 0 saturated carbocycles. The normalized spacial score (nSPS) is 10.3. The van der Waals surface area contributed by atoms with E-state index in [0.717, 1.165) is 51.6 Å². The maximum absolute atomic E-state index is 11.7. The van der Waals surface area contributed by atoms with Crippen LogP contribution in [0.2, 0.25) is 0 Å². The SMILES string of the molecule is CCCCCN(CCCCC)C(=O)OCCO. The Morgan fingerprint density at radius 3 is 2.00 bits per heavy atom. The summed E-state index contributed by atoms with van der Waals surface area (Å²) < 4.78 is 4.95. The van der Waals surface area contributed by atoms with Crippen LogP contribution in [0.4, 0.5) is 4.79 Å². The van der Waals surface area contributed by atoms with E-state index >= 15 is 0 Å². The smallest absolute Gasteiger partial charge is 0.409 e. The lowest BCUT2D eigenvalue weighted by Gasteiger charge is -2.21. The number of nitrogens with zero attached hydrogens (tertiary/aromatic N) is 1. The van der Waals surface area contributed by atoms with Crippen molar-refractivity contribution in [2.24, 2.45) is 0 Å². The predicted octanol–water partition coefficient (Wildman–Crippen LogP) is 2.80. The molecule has 0 fully saturated rings. The Hall–Kier alpha value is -0.770. The first kappa shape index (κ1) is 16.2. The van der Waals surface area contributed by atoms with E-state index in [2.05, 4.69) is 13.8 Å². The van der Waals surface area contributed by atoms with Gasteiger partial charge in [0.25, 0.3) is 0 Å². The second-order valence-corrected chi connectivity index (χ2v) is 4.24. The highest BCUT2D eigenvalue weighted by Crippen LogP contribution is 2.04. The fourth-order valence-electron chi connectivity index (χ4n) is 1.62. The molecule has 0 aromatic carbocycles. The summed E-state index contributed by atoms with van der Waals surface area (Å²) in [5, 5.41) is 8.63. The first-order chi connectivity index (χ1) is 8.26. The third-order valence-electron chi connectivity index (χ3n) is 2.64. The molecule has 0 radical (unpaired) electrons. The second kappa shape index (κ2) is 11.7. The fourth-order valence-corrected chi connectivity index (χ4v) is 1.62. The molecule has 0 spiro atoms. The lowest BCUT2D eigenvalue weighted by Crippen LogP contribution is -2.34. The molecule has 0 aliphatic carbocycles. The van der Waals surface area contributed by atoms with Gasteiger partial charge in [-0.3, -0.25) is 0 Å². The van der Waals surface area contributed by atoms with Gasteiger partial charge in [-0.25, -0.2) is 4.79 Å². The van der Waals surface area contributed by atoms with Gasteiger partial charge in [0.2, 0.25) is 0 Å². The molecule has 0 atom stereocenters. The van der Waals surface area contributed by atoms with Gasteiger partial charge in [-0.1, -0.05) is 39.5 Å². The van der Waals surface area contributed by atoms with Crippen LogP contribution in [0.1, 0.15) is 52.4 Å². The largest absolute Gasteiger partial charge is 0.447 e. The Labute approximate surface area is 105 Å². The van der Waals surface area contributed by atoms with Gasteiger partial charge < -0.3 is 14.7 Å². The van der Waals surface area contributed by atoms with Crippen molar-refractivity contribution in [3.05, 3.63) is 0 Å². The van der Waals surface area contributed by atoms with Gasteiger partial charge in [-0.2, -0.15) is 0 Å². The van der Waals surface area contributed by atoms with Gasteiger partial charge in [0.15, 0.2) is 0 Å². The summed E-state index contributed by atoms with van der Waals surface area (Å²) in [6.45, 7) is 5.81. The summed E-state index contributed by atoms with van der Waals surface area (Å²) in [5.74, 6) is 0. The standard InChI is InChI=1S/C13H27NO3/c1-3-5-7-9-14(10-8-6-4-2)13(16)17-12-11-15/h15H,3-12H2,1-2H3. The Morgan fingerprint density at radius 1 is 1.06 bits per heavy atom. The maximum Gasteiger partial charge on any atom is 0.409 e. The number of amides is 1. The van der Waals surface area contributed by atoms with Gasteiger partial charge in [0.1, 0.15) is 6.61 Å². The molecule has 0 rings (SSSR count). The van der Waals surface area contributed by atoms with Crippen LogP contribution in [0.25, 0.3) is 0 Å². The van der Waals surface area contributed by atoms with Gasteiger partial charge in [0, 0.05) is 13.1 Å². The van der Waals surface area contributed by atoms with Crippen LogP contribution in [0.15, 0.2) is 0 Å². The van der Waals surface area contributed by atoms with Crippen molar-refractivity contribution in [3.63, 3.8) is 0 Å². The highest BCUT2D eigenvalue weighted by atomic mass is 16.6. The summed E-state index contributed by atoms with van der Waals surface area (Å²) in [5.41, 5.74) is 0. The summed E-state index contributed by atoms with van der Waals surface area (Å²) in [7, 11) is 0. The van der Waals surface area contributed by atoms with Crippen LogP contribution in [0, 0.1) is 0 Å². The van der Waals surface area contributed by atoms with Gasteiger partial charge in [0.05, 0.1) is 6.61 Å². The average Bonchev–Trinajstić information content (AvgIpc) is 2.34. The van der Waals surface area contributed by atoms with Crippen LogP contribution >= 0.6 is 0 Å². The van der Waals surface area contributed by atoms with E-state index in [9.17, 15) is 4.79 Å². The second-order valence-electron chi connectivity index (χ2n) is 4.24. The molecule has 0 bridgehead atoms. The average molecular weight is 245 g/mol. The van der Waals surface area contributed by atoms with Crippen molar-refractivity contribution in [2.75, 3.05) is 26.3 Å². The maximum atomic E-state index is 11.7. The molecule has 102 valence electrons. The molecule has 4 nitrogen and oxygen atoms in total. The third kappa shape index (κ3) is 8.98. The highest BCUT2D eigenvalue weighted by molar-refractivity contribution is 5.67. The number of rotatable bonds is 10. The first-order valence-corrected chi connectivity index (χ1v) is 6.78. The van der Waals surface area contributed by atoms with Gasteiger partial charge in [-0.15, -0.1) is 0 Å². The minimum atomic E-state index is -0.286. The van der Waals surface area contributed by atoms with E-state index in [1.807, 2.05) is 0 Å². The van der Waals surface area contributed by atoms with E-state index in [1.54, 1.807) is 4.90 Å². The van der Waals surface area contributed by atoms with Crippen LogP contribution in [-0.2, 0) is 4.74 Å². The number of unbranched alkanes of at least 4 members (excludes halogenated alkanes) is 4. The van der Waals surface area contributed by atoms with Gasteiger partial charge in [-0.05, 0) is 12.8 Å². The number of carbonyl (C=O) groups is 1. The molecule has 0 unspecified atom stereocenters. The molecule has 17 heavy (non-hydrogen) atoms. The predicted molar refractivity (Wildman–Crippen MR) is 69.1 cm³/mol. The number of aliphatic hydroxyl groups excluding tert-OH is 1. The van der Waals surface area contributed by atoms with E-state index in [-0.39, 0.29) is 19.3 Å². The summed E-state index contributed by atoms with van der Waals surface area (Å²) >= 11 is 0. The highest BCUT2D eigenvalue weighted by Gasteiger charge is 2.13. The summed E-state index contributed by atoms with van der Waals surface area (Å²) in [4.78, 5) is 13.4. The van der Waals surface area contributed by atoms with Crippen molar-refractivity contribution in [1.29, 1.82) is 0 Å². The fraction of sp³-hybridized carbons (Fsp3) is 0.923. The minimum Gasteiger partial charge on any atom is -0.447 e. The van der Waals surface area contributed by atoms with Crippen molar-refractivity contribution in [2.45, 2.75) is 52.4 Å². The molecule has 0 aliphatic heterocycles. The van der Waals surface area contributed by atoms with Crippen molar-refractivity contribution in [3.8, 4) is 0 Å². The number of carbonyl (C=O) groups excluding carboxylic acids is 1. The Kier molecular flexibility index (Phi) is 11.2. The minimum absolute atomic E-state index is 0.0941. The monoisotopic (exact) mass is 245 g/mol. The molecule has 0 heterocycles. The zero-order valence-corrected chi connectivity index (χ0v) is 11.3. The van der Waals surface area contributed by atoms with Crippen LogP contribution in [0.3, 0.4) is 0 Å². The first-order valence-electron chi connectivity index (χ1n) is 6.78. The topological polar surface area (TPSA) is 49.8 Å². The van der Waals surface area contributed by atoms with E-state index < -0.39 is 0 Å². The third-order valence-corrected chi connectivity index (χ3v) is 2.64. The van der Waals surface area contributed by atoms with Crippen LogP contribution < -0.4 is 0 Å². The van der Waals surface area contributed by atoms with Crippen LogP contribution in [-0.4, -0.2) is 42.4 Å². The van der Waals surface area contributed by atoms with E-state index in [0.29, 0.717) is 0 Å². The molecule has 0 aromatic rings. The number of hydrogen-bond acceptors (Lipinski definition) is 3. The zero-order valence-electron chi connectivity index (χ0n) is 11.3. The Bertz CT molecular complexity index is 176. The lowest BCUT2D eigenvalue weighted by molar-refractivity contribution is 0.0830. The molecule has 4 heteroatoms. The van der Waals surface area contributed by atoms with E-state index in [4.69, 9.17) is 9.84 Å². The zero-order chi connectivity index (χ0) is 12.9. The molecule has 1 amide bonds. The lowest BCUT2D eigenvalue weighted by atomic mass is 10.2. The van der Waals surface area contributed by atoms with E-state index in [1.165, 1.54) is 0 Å². The summed E-state index contributed by atoms with van der Waals surface area (Å²) in [6.07, 6.45) is 6.33. The Balaban J connectivity index is 3.94. The quantitative estimate of drug-likeness (QED) is 0.602. The molecule has 1 N–H and O–H groups in total. The molecule has 0 aliphatic rings. The van der Waals surface area contributed by atoms with Gasteiger partial charge >= 0.3 is 6.09 Å². The van der Waals surface area contributed by atoms with Crippen LogP contribution in [0.5, 0.6) is 0 Å². The molecular weight excluding hydrogens is 218 g/mol. The number of aliphatic hydroxyl groups is 1. The van der Waals surface area contributed by atoms with Crippen molar-refractivity contribution >= 4 is 6.09 Å². The van der Waals surface area contributed by atoms with Crippen molar-refractivity contribution < 1.29 is 14.6 Å².